The van der Waals surface area contributed by atoms with Gasteiger partial charge in [-0.2, -0.15) is 0 Å². The number of hydrogen-bond acceptors (Lipinski definition) is 3. The Labute approximate surface area is 111 Å². The summed E-state index contributed by atoms with van der Waals surface area (Å²) in [5, 5.41) is 8.97. The van der Waals surface area contributed by atoms with Crippen molar-refractivity contribution in [3.63, 3.8) is 0 Å². The van der Waals surface area contributed by atoms with Crippen LogP contribution in [0.15, 0.2) is 6.33 Å². The molecule has 2 rings (SSSR count). The van der Waals surface area contributed by atoms with Crippen LogP contribution in [0.4, 0.5) is 0 Å². The maximum absolute atomic E-state index is 12.2. The molecule has 1 aliphatic heterocycles. The first-order valence-electron chi connectivity index (χ1n) is 6.56. The monoisotopic (exact) mass is 265 g/mol. The predicted octanol–water partition coefficient (Wildman–Crippen LogP) is 1.62. The zero-order valence-corrected chi connectivity index (χ0v) is 11.2. The lowest BCUT2D eigenvalue weighted by Gasteiger charge is -2.33. The fourth-order valence-electron chi connectivity index (χ4n) is 2.54. The Morgan fingerprint density at radius 3 is 2.58 bits per heavy atom. The van der Waals surface area contributed by atoms with E-state index in [1.807, 2.05) is 0 Å². The number of amides is 1. The number of H-pyrrole nitrogens is 1. The molecule has 1 aromatic rings. The minimum atomic E-state index is -1.15. The Hall–Kier alpha value is -1.85. The quantitative estimate of drug-likeness (QED) is 0.869. The van der Waals surface area contributed by atoms with Crippen LogP contribution in [0.1, 0.15) is 47.7 Å². The van der Waals surface area contributed by atoms with Gasteiger partial charge in [0.2, 0.25) is 0 Å². The van der Waals surface area contributed by atoms with Gasteiger partial charge in [-0.1, -0.05) is 13.8 Å². The van der Waals surface area contributed by atoms with Crippen molar-refractivity contribution in [2.24, 2.45) is 11.8 Å². The third-order valence-electron chi connectivity index (χ3n) is 3.83. The van der Waals surface area contributed by atoms with E-state index < -0.39 is 5.97 Å². The first-order valence-corrected chi connectivity index (χ1v) is 6.56. The maximum Gasteiger partial charge on any atom is 0.354 e. The second-order valence-electron chi connectivity index (χ2n) is 5.30. The normalized spacial score (nSPS) is 16.9. The lowest BCUT2D eigenvalue weighted by Crippen LogP contribution is -2.40. The van der Waals surface area contributed by atoms with Crippen LogP contribution in [0.5, 0.6) is 0 Å². The van der Waals surface area contributed by atoms with Crippen molar-refractivity contribution in [2.75, 3.05) is 13.1 Å². The third kappa shape index (κ3) is 2.77. The number of aromatic nitrogens is 2. The van der Waals surface area contributed by atoms with Crippen molar-refractivity contribution in [3.8, 4) is 0 Å². The number of hydrogen-bond donors (Lipinski definition) is 2. The van der Waals surface area contributed by atoms with Crippen molar-refractivity contribution in [2.45, 2.75) is 26.7 Å². The number of imidazole rings is 1. The molecule has 6 heteroatoms. The van der Waals surface area contributed by atoms with E-state index in [0.717, 1.165) is 12.8 Å². The van der Waals surface area contributed by atoms with E-state index in [1.165, 1.54) is 6.33 Å². The highest BCUT2D eigenvalue weighted by Crippen LogP contribution is 2.25. The van der Waals surface area contributed by atoms with Crippen molar-refractivity contribution in [1.29, 1.82) is 0 Å². The smallest absolute Gasteiger partial charge is 0.354 e. The summed E-state index contributed by atoms with van der Waals surface area (Å²) in [4.78, 5) is 31.2. The number of nitrogens with zero attached hydrogens (tertiary/aromatic N) is 2. The number of carboxylic acids is 1. The minimum Gasteiger partial charge on any atom is -0.477 e. The summed E-state index contributed by atoms with van der Waals surface area (Å²) in [7, 11) is 0. The Morgan fingerprint density at radius 2 is 2.05 bits per heavy atom. The average molecular weight is 265 g/mol. The van der Waals surface area contributed by atoms with Crippen LogP contribution in [-0.2, 0) is 0 Å². The number of rotatable bonds is 3. The van der Waals surface area contributed by atoms with Crippen LogP contribution < -0.4 is 0 Å². The number of carbonyl (C=O) groups excluding carboxylic acids is 1. The van der Waals surface area contributed by atoms with Gasteiger partial charge >= 0.3 is 5.97 Å². The summed E-state index contributed by atoms with van der Waals surface area (Å²) in [5.74, 6) is -0.182. The molecule has 2 N–H and O–H groups in total. The van der Waals surface area contributed by atoms with E-state index in [9.17, 15) is 9.59 Å². The number of nitrogens with one attached hydrogen (secondary N) is 1. The fourth-order valence-corrected chi connectivity index (χ4v) is 2.54. The molecule has 0 aromatic carbocycles. The van der Waals surface area contributed by atoms with Gasteiger partial charge in [0.25, 0.3) is 5.91 Å². The van der Waals surface area contributed by atoms with Crippen molar-refractivity contribution in [1.82, 2.24) is 14.9 Å². The highest BCUT2D eigenvalue weighted by Gasteiger charge is 2.28. The molecule has 1 fully saturated rings. The second kappa shape index (κ2) is 5.42. The number of piperidine rings is 1. The average Bonchev–Trinajstić information content (AvgIpc) is 2.87. The number of likely N-dealkylation sites (tertiary alicyclic amines) is 1. The summed E-state index contributed by atoms with van der Waals surface area (Å²) < 4.78 is 0. The van der Waals surface area contributed by atoms with Crippen molar-refractivity contribution >= 4 is 11.9 Å². The first kappa shape index (κ1) is 13.6. The number of carboxylic acid groups (broad SMARTS) is 1. The first-order chi connectivity index (χ1) is 9.00. The van der Waals surface area contributed by atoms with Gasteiger partial charge in [-0.3, -0.25) is 4.79 Å². The third-order valence-corrected chi connectivity index (χ3v) is 3.83. The van der Waals surface area contributed by atoms with E-state index in [4.69, 9.17) is 5.11 Å². The summed E-state index contributed by atoms with van der Waals surface area (Å²) in [5.41, 5.74) is -0.119. The molecule has 0 atom stereocenters. The number of carbonyl (C=O) groups is 2. The van der Waals surface area contributed by atoms with Crippen LogP contribution in [0, 0.1) is 11.8 Å². The topological polar surface area (TPSA) is 86.3 Å². The van der Waals surface area contributed by atoms with E-state index in [1.54, 1.807) is 4.90 Å². The molecular formula is C13H19N3O3. The van der Waals surface area contributed by atoms with E-state index >= 15 is 0 Å². The molecule has 1 amide bonds. The molecule has 1 saturated heterocycles. The molecule has 1 aliphatic rings. The van der Waals surface area contributed by atoms with Gasteiger partial charge in [0, 0.05) is 13.1 Å². The molecule has 2 heterocycles. The molecule has 0 unspecified atom stereocenters. The highest BCUT2D eigenvalue weighted by atomic mass is 16.4. The summed E-state index contributed by atoms with van der Waals surface area (Å²) in [6, 6.07) is 0. The number of aromatic amines is 1. The van der Waals surface area contributed by atoms with E-state index in [-0.39, 0.29) is 17.3 Å². The Balaban J connectivity index is 2.05. The van der Waals surface area contributed by atoms with Gasteiger partial charge in [0.1, 0.15) is 0 Å². The molecule has 0 saturated carbocycles. The lowest BCUT2D eigenvalue weighted by molar-refractivity contribution is 0.0631. The van der Waals surface area contributed by atoms with Crippen LogP contribution >= 0.6 is 0 Å². The zero-order chi connectivity index (χ0) is 14.0. The summed E-state index contributed by atoms with van der Waals surface area (Å²) in [6.45, 7) is 5.73. The molecule has 104 valence electrons. The Bertz CT molecular complexity index is 473. The van der Waals surface area contributed by atoms with Crippen LogP contribution in [0.25, 0.3) is 0 Å². The molecular weight excluding hydrogens is 246 g/mol. The Kier molecular flexibility index (Phi) is 3.87. The van der Waals surface area contributed by atoms with Gasteiger partial charge < -0.3 is 15.0 Å². The van der Waals surface area contributed by atoms with Gasteiger partial charge in [0.15, 0.2) is 11.4 Å². The van der Waals surface area contributed by atoms with Gasteiger partial charge in [-0.15, -0.1) is 0 Å². The maximum atomic E-state index is 12.2. The summed E-state index contributed by atoms with van der Waals surface area (Å²) >= 11 is 0. The second-order valence-corrected chi connectivity index (χ2v) is 5.30. The largest absolute Gasteiger partial charge is 0.477 e. The van der Waals surface area contributed by atoms with E-state index in [0.29, 0.717) is 24.9 Å². The molecule has 6 nitrogen and oxygen atoms in total. The predicted molar refractivity (Wildman–Crippen MR) is 69.0 cm³/mol. The Morgan fingerprint density at radius 1 is 1.42 bits per heavy atom. The van der Waals surface area contributed by atoms with Gasteiger partial charge in [-0.05, 0) is 24.7 Å². The zero-order valence-electron chi connectivity index (χ0n) is 11.2. The van der Waals surface area contributed by atoms with Crippen molar-refractivity contribution < 1.29 is 14.7 Å². The molecule has 0 radical (unpaired) electrons. The van der Waals surface area contributed by atoms with Crippen LogP contribution in [-0.4, -0.2) is 44.9 Å². The fraction of sp³-hybridized carbons (Fsp3) is 0.615. The molecule has 0 spiro atoms. The van der Waals surface area contributed by atoms with Gasteiger partial charge in [0.05, 0.1) is 6.33 Å². The summed E-state index contributed by atoms with van der Waals surface area (Å²) in [6.07, 6.45) is 3.18. The molecule has 19 heavy (non-hydrogen) atoms. The van der Waals surface area contributed by atoms with Crippen LogP contribution in [0.3, 0.4) is 0 Å². The SMILES string of the molecule is CC(C)C1CCN(C(=O)c2nc[nH]c2C(=O)O)CC1. The molecule has 0 bridgehead atoms. The van der Waals surface area contributed by atoms with Crippen LogP contribution in [0.2, 0.25) is 0 Å². The standard InChI is InChI=1S/C13H19N3O3/c1-8(2)9-3-5-16(6-4-9)12(17)10-11(13(18)19)15-7-14-10/h7-9H,3-6H2,1-2H3,(H,14,15)(H,18,19). The molecule has 0 aliphatic carbocycles. The van der Waals surface area contributed by atoms with Crippen molar-refractivity contribution in [3.05, 3.63) is 17.7 Å². The highest BCUT2D eigenvalue weighted by molar-refractivity contribution is 6.02. The van der Waals surface area contributed by atoms with Gasteiger partial charge in [-0.25, -0.2) is 9.78 Å². The number of aromatic carboxylic acids is 1. The lowest BCUT2D eigenvalue weighted by atomic mass is 9.86. The van der Waals surface area contributed by atoms with E-state index in [2.05, 4.69) is 23.8 Å². The molecule has 1 aromatic heterocycles. The minimum absolute atomic E-state index is 0.00972.